The van der Waals surface area contributed by atoms with Crippen LogP contribution < -0.4 is 0 Å². The number of aliphatic carboxylic acids is 1. The average molecular weight is 240 g/mol. The number of carbonyl (C=O) groups is 1. The fraction of sp³-hybridized carbons (Fsp3) is 0.615. The zero-order valence-corrected chi connectivity index (χ0v) is 10.7. The van der Waals surface area contributed by atoms with Crippen LogP contribution >= 0.6 is 0 Å². The zero-order valence-electron chi connectivity index (χ0n) is 10.7. The first-order valence-electron chi connectivity index (χ1n) is 5.64. The Labute approximate surface area is 101 Å². The molecule has 3 N–H and O–H groups in total. The van der Waals surface area contributed by atoms with Crippen molar-refractivity contribution in [3.63, 3.8) is 0 Å². The number of carboxylic acids is 1. The van der Waals surface area contributed by atoms with Gasteiger partial charge in [-0.1, -0.05) is 19.9 Å². The summed E-state index contributed by atoms with van der Waals surface area (Å²) in [6, 6.07) is 0. The van der Waals surface area contributed by atoms with Crippen molar-refractivity contribution in [3.8, 4) is 0 Å². The van der Waals surface area contributed by atoms with E-state index < -0.39 is 23.6 Å². The molecule has 0 aliphatic heterocycles. The maximum absolute atomic E-state index is 10.8. The van der Waals surface area contributed by atoms with Crippen LogP contribution in [0.3, 0.4) is 0 Å². The first-order valence-corrected chi connectivity index (χ1v) is 5.64. The van der Waals surface area contributed by atoms with Crippen LogP contribution in [-0.2, 0) is 4.79 Å². The van der Waals surface area contributed by atoms with E-state index in [1.807, 2.05) is 0 Å². The predicted octanol–water partition coefficient (Wildman–Crippen LogP) is 1.49. The quantitative estimate of drug-likeness (QED) is 0.653. The molecule has 0 saturated carbocycles. The van der Waals surface area contributed by atoms with Gasteiger partial charge in [0.15, 0.2) is 0 Å². The summed E-state index contributed by atoms with van der Waals surface area (Å²) in [6.45, 7) is 7.02. The third-order valence-electron chi connectivity index (χ3n) is 3.31. The maximum atomic E-state index is 10.8. The van der Waals surface area contributed by atoms with Crippen LogP contribution in [0.15, 0.2) is 22.8 Å². The Kier molecular flexibility index (Phi) is 3.79. The lowest BCUT2D eigenvalue weighted by molar-refractivity contribution is -0.138. The third kappa shape index (κ3) is 2.76. The topological polar surface area (TPSA) is 77.8 Å². The first kappa shape index (κ1) is 13.9. The fourth-order valence-corrected chi connectivity index (χ4v) is 2.55. The van der Waals surface area contributed by atoms with Crippen molar-refractivity contribution in [3.05, 3.63) is 22.8 Å². The monoisotopic (exact) mass is 240 g/mol. The van der Waals surface area contributed by atoms with Gasteiger partial charge in [0.1, 0.15) is 0 Å². The highest BCUT2D eigenvalue weighted by molar-refractivity contribution is 5.68. The summed E-state index contributed by atoms with van der Waals surface area (Å²) in [7, 11) is 0. The molecule has 1 aliphatic rings. The molecular formula is C13H20O4. The molecule has 0 aromatic rings. The molecule has 0 heterocycles. The number of carboxylic acid groups (broad SMARTS) is 1. The van der Waals surface area contributed by atoms with E-state index in [-0.39, 0.29) is 6.42 Å². The second kappa shape index (κ2) is 4.63. The Morgan fingerprint density at radius 3 is 2.35 bits per heavy atom. The highest BCUT2D eigenvalue weighted by atomic mass is 16.4. The Balaban J connectivity index is 3.15. The van der Waals surface area contributed by atoms with Crippen molar-refractivity contribution in [2.45, 2.75) is 46.3 Å². The molecule has 0 fully saturated rings. The van der Waals surface area contributed by atoms with Gasteiger partial charge in [-0.05, 0) is 36.0 Å². The molecule has 2 atom stereocenters. The molecule has 0 aromatic heterocycles. The van der Waals surface area contributed by atoms with E-state index in [4.69, 9.17) is 5.11 Å². The van der Waals surface area contributed by atoms with Gasteiger partial charge in [0.2, 0.25) is 0 Å². The van der Waals surface area contributed by atoms with Gasteiger partial charge in [-0.15, -0.1) is 0 Å². The van der Waals surface area contributed by atoms with Gasteiger partial charge < -0.3 is 15.3 Å². The summed E-state index contributed by atoms with van der Waals surface area (Å²) in [5.74, 6) is -0.914. The summed E-state index contributed by atoms with van der Waals surface area (Å²) >= 11 is 0. The molecule has 2 unspecified atom stereocenters. The molecule has 0 radical (unpaired) electrons. The Morgan fingerprint density at radius 1 is 1.35 bits per heavy atom. The van der Waals surface area contributed by atoms with Gasteiger partial charge in [0.05, 0.1) is 18.6 Å². The van der Waals surface area contributed by atoms with E-state index in [9.17, 15) is 15.0 Å². The van der Waals surface area contributed by atoms with Crippen LogP contribution in [0, 0.1) is 5.41 Å². The minimum absolute atomic E-state index is 0.0731. The van der Waals surface area contributed by atoms with Crippen LogP contribution in [-0.4, -0.2) is 33.5 Å². The van der Waals surface area contributed by atoms with Crippen LogP contribution in [0.4, 0.5) is 0 Å². The molecule has 0 amide bonds. The van der Waals surface area contributed by atoms with E-state index in [0.29, 0.717) is 16.7 Å². The molecule has 0 aromatic carbocycles. The minimum Gasteiger partial charge on any atom is -0.481 e. The summed E-state index contributed by atoms with van der Waals surface area (Å²) in [5, 5.41) is 28.9. The maximum Gasteiger partial charge on any atom is 0.304 e. The van der Waals surface area contributed by atoms with Gasteiger partial charge in [-0.2, -0.15) is 0 Å². The van der Waals surface area contributed by atoms with Crippen molar-refractivity contribution in [2.24, 2.45) is 5.41 Å². The fourth-order valence-electron chi connectivity index (χ4n) is 2.55. The van der Waals surface area contributed by atoms with E-state index >= 15 is 0 Å². The molecule has 0 bridgehead atoms. The Hall–Kier alpha value is -1.13. The van der Waals surface area contributed by atoms with Crippen LogP contribution in [0.25, 0.3) is 0 Å². The predicted molar refractivity (Wildman–Crippen MR) is 64.5 cm³/mol. The second-order valence-electron chi connectivity index (χ2n) is 5.31. The Morgan fingerprint density at radius 2 is 1.88 bits per heavy atom. The van der Waals surface area contributed by atoms with Crippen molar-refractivity contribution >= 4 is 5.97 Å². The van der Waals surface area contributed by atoms with Gasteiger partial charge in [0, 0.05) is 0 Å². The normalized spacial score (nSPS) is 25.9. The molecule has 0 spiro atoms. The van der Waals surface area contributed by atoms with Crippen LogP contribution in [0.5, 0.6) is 0 Å². The summed E-state index contributed by atoms with van der Waals surface area (Å²) < 4.78 is 0. The van der Waals surface area contributed by atoms with Crippen molar-refractivity contribution in [1.29, 1.82) is 0 Å². The lowest BCUT2D eigenvalue weighted by atomic mass is 9.72. The number of hydrogen-bond donors (Lipinski definition) is 3. The minimum atomic E-state index is -0.914. The molecular weight excluding hydrogens is 220 g/mol. The van der Waals surface area contributed by atoms with E-state index in [2.05, 4.69) is 0 Å². The standard InChI is InChI=1S/C13H20O4/c1-7-5-9(14)11(8(2)12(7)17)13(3,4)6-10(15)16/h5,9,12,14,17H,6H2,1-4H3,(H,15,16). The van der Waals surface area contributed by atoms with Gasteiger partial charge in [-0.3, -0.25) is 4.79 Å². The summed E-state index contributed by atoms with van der Waals surface area (Å²) in [6.07, 6.45) is -0.0262. The smallest absolute Gasteiger partial charge is 0.304 e. The lowest BCUT2D eigenvalue weighted by Gasteiger charge is -2.35. The molecule has 96 valence electrons. The highest BCUT2D eigenvalue weighted by Crippen LogP contribution is 2.39. The van der Waals surface area contributed by atoms with Crippen LogP contribution in [0.2, 0.25) is 0 Å². The average Bonchev–Trinajstić information content (AvgIpc) is 2.11. The van der Waals surface area contributed by atoms with Gasteiger partial charge in [0.25, 0.3) is 0 Å². The molecule has 4 heteroatoms. The van der Waals surface area contributed by atoms with Crippen molar-refractivity contribution < 1.29 is 20.1 Å². The second-order valence-corrected chi connectivity index (χ2v) is 5.31. The SMILES string of the molecule is CC1=CC(O)C(C(C)(C)CC(=O)O)=C(C)C1O. The largest absolute Gasteiger partial charge is 0.481 e. The molecule has 1 aliphatic carbocycles. The lowest BCUT2D eigenvalue weighted by Crippen LogP contribution is -2.33. The number of aliphatic hydroxyl groups excluding tert-OH is 2. The van der Waals surface area contributed by atoms with Crippen LogP contribution in [0.1, 0.15) is 34.1 Å². The molecule has 17 heavy (non-hydrogen) atoms. The summed E-state index contributed by atoms with van der Waals surface area (Å²) in [4.78, 5) is 10.8. The van der Waals surface area contributed by atoms with Crippen molar-refractivity contribution in [1.82, 2.24) is 0 Å². The van der Waals surface area contributed by atoms with Gasteiger partial charge in [-0.25, -0.2) is 0 Å². The molecule has 1 rings (SSSR count). The first-order chi connectivity index (χ1) is 7.66. The molecule has 0 saturated heterocycles. The van der Waals surface area contributed by atoms with Crippen molar-refractivity contribution in [2.75, 3.05) is 0 Å². The zero-order chi connectivity index (χ0) is 13.4. The highest BCUT2D eigenvalue weighted by Gasteiger charge is 2.35. The van der Waals surface area contributed by atoms with E-state index in [1.54, 1.807) is 33.8 Å². The number of hydrogen-bond acceptors (Lipinski definition) is 3. The van der Waals surface area contributed by atoms with Gasteiger partial charge >= 0.3 is 5.97 Å². The van der Waals surface area contributed by atoms with E-state index in [1.165, 1.54) is 0 Å². The number of aliphatic hydroxyl groups is 2. The molecule has 4 nitrogen and oxygen atoms in total. The summed E-state index contributed by atoms with van der Waals surface area (Å²) in [5.41, 5.74) is 1.29. The number of rotatable bonds is 3. The Bertz CT molecular complexity index is 390. The third-order valence-corrected chi connectivity index (χ3v) is 3.31. The van der Waals surface area contributed by atoms with E-state index in [0.717, 1.165) is 0 Å².